The van der Waals surface area contributed by atoms with Crippen molar-refractivity contribution >= 4 is 15.9 Å². The third-order valence-electron chi connectivity index (χ3n) is 3.80. The largest absolute Gasteiger partial charge is 0.352 e. The molecule has 2 aromatic carbocycles. The van der Waals surface area contributed by atoms with Crippen molar-refractivity contribution in [2.24, 2.45) is 0 Å². The summed E-state index contributed by atoms with van der Waals surface area (Å²) >= 11 is 0. The minimum atomic E-state index is -3.63. The number of sulfonamides is 1. The van der Waals surface area contributed by atoms with Gasteiger partial charge in [-0.2, -0.15) is 0 Å². The number of hydrogen-bond acceptors (Lipinski definition) is 4. The Morgan fingerprint density at radius 1 is 1.00 bits per heavy atom. The summed E-state index contributed by atoms with van der Waals surface area (Å²) in [7, 11) is 0.107. The van der Waals surface area contributed by atoms with Crippen molar-refractivity contribution in [1.82, 2.24) is 14.9 Å². The molecule has 0 bridgehead atoms. The van der Waals surface area contributed by atoms with E-state index < -0.39 is 10.0 Å². The number of likely N-dealkylation sites (N-methyl/N-ethyl adjacent to an activating group) is 1. The van der Waals surface area contributed by atoms with Crippen LogP contribution in [0.25, 0.3) is 0 Å². The summed E-state index contributed by atoms with van der Waals surface area (Å²) in [5.74, 6) is -0.286. The van der Waals surface area contributed by atoms with Crippen LogP contribution >= 0.6 is 0 Å². The van der Waals surface area contributed by atoms with Crippen LogP contribution < -0.4 is 10.0 Å². The summed E-state index contributed by atoms with van der Waals surface area (Å²) in [6.07, 6.45) is 0.719. The predicted octanol–water partition coefficient (Wildman–Crippen LogP) is 1.50. The van der Waals surface area contributed by atoms with E-state index in [0.717, 1.165) is 12.0 Å². The van der Waals surface area contributed by atoms with E-state index in [1.54, 1.807) is 12.1 Å². The van der Waals surface area contributed by atoms with Crippen molar-refractivity contribution in [3.05, 3.63) is 65.7 Å². The summed E-state index contributed by atoms with van der Waals surface area (Å²) in [6, 6.07) is 15.9. The first-order valence-electron chi connectivity index (χ1n) is 8.45. The maximum absolute atomic E-state index is 12.3. The van der Waals surface area contributed by atoms with Gasteiger partial charge in [-0.1, -0.05) is 36.4 Å². The minimum Gasteiger partial charge on any atom is -0.352 e. The lowest BCUT2D eigenvalue weighted by Crippen LogP contribution is -2.31. The molecule has 6 nitrogen and oxygen atoms in total. The molecule has 0 aliphatic rings. The number of rotatable bonds is 9. The average Bonchev–Trinajstić information content (AvgIpc) is 2.62. The molecule has 0 saturated heterocycles. The highest BCUT2D eigenvalue weighted by Gasteiger charge is 2.15. The molecule has 2 N–H and O–H groups in total. The Hall–Kier alpha value is -2.22. The molecule has 140 valence electrons. The fraction of sp³-hybridized carbons (Fsp3) is 0.316. The van der Waals surface area contributed by atoms with Gasteiger partial charge in [0.05, 0.1) is 4.90 Å². The van der Waals surface area contributed by atoms with Crippen LogP contribution in [-0.4, -0.2) is 53.0 Å². The normalized spacial score (nSPS) is 11.5. The maximum Gasteiger partial charge on any atom is 0.251 e. The highest BCUT2D eigenvalue weighted by atomic mass is 32.2. The molecule has 0 aromatic heterocycles. The number of amides is 1. The zero-order chi connectivity index (χ0) is 19.0. The molecule has 0 aliphatic carbocycles. The van der Waals surface area contributed by atoms with Crippen LogP contribution in [0, 0.1) is 0 Å². The second-order valence-electron chi connectivity index (χ2n) is 6.22. The van der Waals surface area contributed by atoms with E-state index in [0.29, 0.717) is 25.2 Å². The highest BCUT2D eigenvalue weighted by molar-refractivity contribution is 7.89. The van der Waals surface area contributed by atoms with Crippen LogP contribution in [0.2, 0.25) is 0 Å². The van der Waals surface area contributed by atoms with Crippen LogP contribution in [-0.2, 0) is 16.4 Å². The first kappa shape index (κ1) is 20.1. The second-order valence-corrected chi connectivity index (χ2v) is 7.99. The molecule has 0 saturated carbocycles. The first-order chi connectivity index (χ1) is 12.4. The lowest BCUT2D eigenvalue weighted by Gasteiger charge is -2.11. The van der Waals surface area contributed by atoms with Crippen molar-refractivity contribution in [3.63, 3.8) is 0 Å². The Kier molecular flexibility index (Phi) is 7.32. The topological polar surface area (TPSA) is 78.5 Å². The van der Waals surface area contributed by atoms with E-state index in [-0.39, 0.29) is 10.8 Å². The van der Waals surface area contributed by atoms with Gasteiger partial charge in [0, 0.05) is 25.2 Å². The maximum atomic E-state index is 12.3. The summed E-state index contributed by atoms with van der Waals surface area (Å²) in [5.41, 5.74) is 1.46. The van der Waals surface area contributed by atoms with Gasteiger partial charge in [0.2, 0.25) is 10.0 Å². The van der Waals surface area contributed by atoms with Crippen LogP contribution in [0.15, 0.2) is 59.5 Å². The third kappa shape index (κ3) is 6.25. The van der Waals surface area contributed by atoms with Gasteiger partial charge in [-0.3, -0.25) is 4.79 Å². The molecule has 0 fully saturated rings. The molecule has 0 spiro atoms. The Morgan fingerprint density at radius 3 is 2.42 bits per heavy atom. The Labute approximate surface area is 155 Å². The molecule has 0 radical (unpaired) electrons. The molecule has 2 rings (SSSR count). The summed E-state index contributed by atoms with van der Waals surface area (Å²) < 4.78 is 27.2. The van der Waals surface area contributed by atoms with Gasteiger partial charge < -0.3 is 10.2 Å². The zero-order valence-corrected chi connectivity index (χ0v) is 15.9. The number of carbonyl (C=O) groups excluding carboxylic acids is 1. The minimum absolute atomic E-state index is 0.0898. The fourth-order valence-corrected chi connectivity index (χ4v) is 3.43. The van der Waals surface area contributed by atoms with Gasteiger partial charge in [0.1, 0.15) is 0 Å². The second kappa shape index (κ2) is 9.47. The van der Waals surface area contributed by atoms with Gasteiger partial charge in [0.25, 0.3) is 5.91 Å². The van der Waals surface area contributed by atoms with Crippen molar-refractivity contribution in [1.29, 1.82) is 0 Å². The Morgan fingerprint density at radius 2 is 1.73 bits per heavy atom. The molecular formula is C19H25N3O3S. The van der Waals surface area contributed by atoms with Gasteiger partial charge in [-0.15, -0.1) is 0 Å². The number of hydrogen-bond donors (Lipinski definition) is 2. The quantitative estimate of drug-likeness (QED) is 0.696. The van der Waals surface area contributed by atoms with Gasteiger partial charge in [-0.05, 0) is 44.3 Å². The standard InChI is InChI=1S/C19H25N3O3S/c1-22(2)14-13-21-26(24,25)18-10-6-9-17(15-18)19(23)20-12-11-16-7-4-3-5-8-16/h3-10,15,21H,11-14H2,1-2H3,(H,20,23). The SMILES string of the molecule is CN(C)CCNS(=O)(=O)c1cccc(C(=O)NCCc2ccccc2)c1. The van der Waals surface area contributed by atoms with Gasteiger partial charge >= 0.3 is 0 Å². The molecule has 0 aliphatic heterocycles. The van der Waals surface area contributed by atoms with Crippen LogP contribution in [0.5, 0.6) is 0 Å². The number of nitrogens with one attached hydrogen (secondary N) is 2. The Bertz CT molecular complexity index is 821. The molecule has 2 aromatic rings. The van der Waals surface area contributed by atoms with E-state index in [4.69, 9.17) is 0 Å². The average molecular weight is 375 g/mol. The molecule has 0 heterocycles. The van der Waals surface area contributed by atoms with Crippen molar-refractivity contribution in [2.45, 2.75) is 11.3 Å². The van der Waals surface area contributed by atoms with Crippen LogP contribution in [0.4, 0.5) is 0 Å². The van der Waals surface area contributed by atoms with E-state index >= 15 is 0 Å². The molecule has 26 heavy (non-hydrogen) atoms. The van der Waals surface area contributed by atoms with Crippen LogP contribution in [0.1, 0.15) is 15.9 Å². The number of nitrogens with zero attached hydrogens (tertiary/aromatic N) is 1. The highest BCUT2D eigenvalue weighted by Crippen LogP contribution is 2.11. The molecule has 0 atom stereocenters. The van der Waals surface area contributed by atoms with Gasteiger partial charge in [0.15, 0.2) is 0 Å². The number of carbonyl (C=O) groups is 1. The monoisotopic (exact) mass is 375 g/mol. The molecule has 1 amide bonds. The summed E-state index contributed by atoms with van der Waals surface area (Å²) in [5, 5.41) is 2.82. The van der Waals surface area contributed by atoms with Crippen molar-refractivity contribution in [2.75, 3.05) is 33.7 Å². The number of benzene rings is 2. The summed E-state index contributed by atoms with van der Waals surface area (Å²) in [6.45, 7) is 1.39. The fourth-order valence-electron chi connectivity index (χ4n) is 2.36. The van der Waals surface area contributed by atoms with E-state index in [1.807, 2.05) is 49.3 Å². The van der Waals surface area contributed by atoms with Gasteiger partial charge in [-0.25, -0.2) is 13.1 Å². The Balaban J connectivity index is 1.95. The lowest BCUT2D eigenvalue weighted by atomic mass is 10.1. The predicted molar refractivity (Wildman–Crippen MR) is 103 cm³/mol. The smallest absolute Gasteiger partial charge is 0.251 e. The van der Waals surface area contributed by atoms with E-state index in [1.165, 1.54) is 12.1 Å². The zero-order valence-electron chi connectivity index (χ0n) is 15.1. The molecule has 7 heteroatoms. The van der Waals surface area contributed by atoms with Crippen molar-refractivity contribution < 1.29 is 13.2 Å². The third-order valence-corrected chi connectivity index (χ3v) is 5.26. The van der Waals surface area contributed by atoms with E-state index in [9.17, 15) is 13.2 Å². The molecule has 0 unspecified atom stereocenters. The lowest BCUT2D eigenvalue weighted by molar-refractivity contribution is 0.0954. The first-order valence-corrected chi connectivity index (χ1v) is 9.93. The van der Waals surface area contributed by atoms with Crippen LogP contribution in [0.3, 0.4) is 0 Å². The molecular weight excluding hydrogens is 350 g/mol. The summed E-state index contributed by atoms with van der Waals surface area (Å²) in [4.78, 5) is 14.3. The van der Waals surface area contributed by atoms with E-state index in [2.05, 4.69) is 10.0 Å². The van der Waals surface area contributed by atoms with Crippen molar-refractivity contribution in [3.8, 4) is 0 Å².